The maximum Gasteiger partial charge on any atom is 0.257 e. The van der Waals surface area contributed by atoms with Crippen molar-refractivity contribution >= 4 is 46.5 Å². The van der Waals surface area contributed by atoms with E-state index >= 15 is 0 Å². The van der Waals surface area contributed by atoms with E-state index in [0.29, 0.717) is 11.1 Å². The van der Waals surface area contributed by atoms with Crippen LogP contribution < -0.4 is 22.1 Å². The summed E-state index contributed by atoms with van der Waals surface area (Å²) in [5.41, 5.74) is 11.0. The first-order valence-corrected chi connectivity index (χ1v) is 5.53. The maximum absolute atomic E-state index is 11.5. The molecule has 0 aliphatic carbocycles. The third kappa shape index (κ3) is 4.07. The minimum atomic E-state index is -0.441. The lowest BCUT2D eigenvalue weighted by Crippen LogP contribution is -2.35. The van der Waals surface area contributed by atoms with Gasteiger partial charge in [-0.25, -0.2) is 0 Å². The molecule has 0 aliphatic rings. The molecule has 0 aromatic heterocycles. The second-order valence-electron chi connectivity index (χ2n) is 3.21. The second kappa shape index (κ2) is 6.03. The average Bonchev–Trinajstić information content (AvgIpc) is 2.27. The lowest BCUT2D eigenvalue weighted by atomic mass is 10.1. The number of hydrogen-bond acceptors (Lipinski definition) is 4. The molecular weight excluding hydrogens is 272 g/mol. The highest BCUT2D eigenvalue weighted by Crippen LogP contribution is 2.04. The molecule has 8 heteroatoms. The minimum absolute atomic E-state index is 0.115. The molecule has 6 N–H and O–H groups in total. The van der Waals surface area contributed by atoms with E-state index in [-0.39, 0.29) is 10.2 Å². The summed E-state index contributed by atoms with van der Waals surface area (Å²) in [7, 11) is 0. The van der Waals surface area contributed by atoms with Crippen LogP contribution in [0.1, 0.15) is 20.7 Å². The third-order valence-electron chi connectivity index (χ3n) is 1.88. The topological polar surface area (TPSA) is 110 Å². The van der Waals surface area contributed by atoms with Crippen LogP contribution in [0.25, 0.3) is 0 Å². The molecule has 6 nitrogen and oxygen atoms in total. The lowest BCUT2D eigenvalue weighted by molar-refractivity contribution is 0.0965. The van der Waals surface area contributed by atoms with E-state index in [1.165, 1.54) is 24.3 Å². The number of hydrogen-bond donors (Lipinski definition) is 4. The molecule has 0 atom stereocenters. The SMILES string of the molecule is NC(=S)NC(=O)c1ccc(C(=O)NC(N)=S)cc1. The Morgan fingerprint density at radius 2 is 1.11 bits per heavy atom. The highest BCUT2D eigenvalue weighted by atomic mass is 32.1. The number of thiocarbonyl (C=S) groups is 2. The Labute approximate surface area is 114 Å². The number of nitrogens with one attached hydrogen (secondary N) is 2. The van der Waals surface area contributed by atoms with E-state index in [2.05, 4.69) is 35.1 Å². The molecule has 0 heterocycles. The fraction of sp³-hybridized carbons (Fsp3) is 0. The van der Waals surface area contributed by atoms with Gasteiger partial charge in [-0.2, -0.15) is 0 Å². The van der Waals surface area contributed by atoms with Crippen molar-refractivity contribution in [3.63, 3.8) is 0 Å². The van der Waals surface area contributed by atoms with Gasteiger partial charge in [0.15, 0.2) is 10.2 Å². The second-order valence-corrected chi connectivity index (χ2v) is 4.09. The molecule has 2 amide bonds. The molecule has 1 rings (SSSR count). The number of carbonyl (C=O) groups is 2. The van der Waals surface area contributed by atoms with Gasteiger partial charge in [-0.3, -0.25) is 20.2 Å². The zero-order valence-electron chi connectivity index (χ0n) is 9.10. The van der Waals surface area contributed by atoms with Crippen molar-refractivity contribution in [3.8, 4) is 0 Å². The normalized spacial score (nSPS) is 9.33. The van der Waals surface area contributed by atoms with Crippen LogP contribution in [0.2, 0.25) is 0 Å². The van der Waals surface area contributed by atoms with Crippen LogP contribution in [-0.2, 0) is 0 Å². The van der Waals surface area contributed by atoms with E-state index in [1.807, 2.05) is 0 Å². The third-order valence-corrected chi connectivity index (χ3v) is 2.09. The van der Waals surface area contributed by atoms with E-state index in [0.717, 1.165) is 0 Å². The van der Waals surface area contributed by atoms with Crippen LogP contribution in [0.5, 0.6) is 0 Å². The van der Waals surface area contributed by atoms with Gasteiger partial charge >= 0.3 is 0 Å². The van der Waals surface area contributed by atoms with Crippen LogP contribution in [0.4, 0.5) is 0 Å². The first kappa shape index (κ1) is 14.0. The number of rotatable bonds is 2. The highest BCUT2D eigenvalue weighted by Gasteiger charge is 2.09. The summed E-state index contributed by atoms with van der Waals surface area (Å²) < 4.78 is 0. The molecule has 0 radical (unpaired) electrons. The van der Waals surface area contributed by atoms with Crippen molar-refractivity contribution in [1.82, 2.24) is 10.6 Å². The molecule has 0 saturated carbocycles. The predicted octanol–water partition coefficient (Wildman–Crippen LogP) is -0.367. The largest absolute Gasteiger partial charge is 0.376 e. The summed E-state index contributed by atoms with van der Waals surface area (Å²) in [6.45, 7) is 0. The van der Waals surface area contributed by atoms with E-state index < -0.39 is 11.8 Å². The Morgan fingerprint density at radius 3 is 1.33 bits per heavy atom. The molecular formula is C10H10N4O2S2. The Kier molecular flexibility index (Phi) is 4.69. The van der Waals surface area contributed by atoms with Crippen molar-refractivity contribution in [2.75, 3.05) is 0 Å². The zero-order chi connectivity index (χ0) is 13.7. The predicted molar refractivity (Wildman–Crippen MR) is 74.9 cm³/mol. The summed E-state index contributed by atoms with van der Waals surface area (Å²) in [6.07, 6.45) is 0. The lowest BCUT2D eigenvalue weighted by Gasteiger charge is -2.05. The van der Waals surface area contributed by atoms with E-state index in [4.69, 9.17) is 11.5 Å². The fourth-order valence-corrected chi connectivity index (χ4v) is 1.33. The van der Waals surface area contributed by atoms with E-state index in [9.17, 15) is 9.59 Å². The van der Waals surface area contributed by atoms with Gasteiger partial charge in [0.05, 0.1) is 0 Å². The molecule has 18 heavy (non-hydrogen) atoms. The van der Waals surface area contributed by atoms with Gasteiger partial charge in [-0.1, -0.05) is 0 Å². The minimum Gasteiger partial charge on any atom is -0.376 e. The van der Waals surface area contributed by atoms with Crippen LogP contribution in [0.15, 0.2) is 24.3 Å². The summed E-state index contributed by atoms with van der Waals surface area (Å²) in [4.78, 5) is 23.0. The smallest absolute Gasteiger partial charge is 0.257 e. The van der Waals surface area contributed by atoms with Crippen LogP contribution in [-0.4, -0.2) is 22.0 Å². The Bertz CT molecular complexity index is 466. The van der Waals surface area contributed by atoms with Crippen molar-refractivity contribution in [2.45, 2.75) is 0 Å². The molecule has 1 aromatic carbocycles. The van der Waals surface area contributed by atoms with Crippen molar-refractivity contribution in [3.05, 3.63) is 35.4 Å². The highest BCUT2D eigenvalue weighted by molar-refractivity contribution is 7.80. The molecule has 0 saturated heterocycles. The number of benzene rings is 1. The van der Waals surface area contributed by atoms with Crippen molar-refractivity contribution < 1.29 is 9.59 Å². The van der Waals surface area contributed by atoms with Gasteiger partial charge in [-0.15, -0.1) is 0 Å². The van der Waals surface area contributed by atoms with Gasteiger partial charge in [0.25, 0.3) is 11.8 Å². The molecule has 0 aliphatic heterocycles. The summed E-state index contributed by atoms with van der Waals surface area (Å²) in [5.74, 6) is -0.882. The summed E-state index contributed by atoms with van der Waals surface area (Å²) in [6, 6.07) is 5.84. The quantitative estimate of drug-likeness (QED) is 0.551. The van der Waals surface area contributed by atoms with Gasteiger partial charge in [0.1, 0.15) is 0 Å². The Hall–Kier alpha value is -2.06. The van der Waals surface area contributed by atoms with Gasteiger partial charge in [0, 0.05) is 11.1 Å². The monoisotopic (exact) mass is 282 g/mol. The summed E-state index contributed by atoms with van der Waals surface area (Å²) in [5, 5.41) is 4.31. The first-order valence-electron chi connectivity index (χ1n) is 4.72. The van der Waals surface area contributed by atoms with Gasteiger partial charge in [0.2, 0.25) is 0 Å². The number of amides is 2. The van der Waals surface area contributed by atoms with E-state index in [1.54, 1.807) is 0 Å². The first-order chi connectivity index (χ1) is 8.40. The summed E-state index contributed by atoms with van der Waals surface area (Å²) >= 11 is 9.08. The van der Waals surface area contributed by atoms with Crippen molar-refractivity contribution in [2.24, 2.45) is 11.5 Å². The fourth-order valence-electron chi connectivity index (χ4n) is 1.14. The van der Waals surface area contributed by atoms with Crippen LogP contribution in [0, 0.1) is 0 Å². The molecule has 0 spiro atoms. The molecule has 0 fully saturated rings. The number of nitrogens with two attached hydrogens (primary N) is 2. The molecule has 94 valence electrons. The van der Waals surface area contributed by atoms with Gasteiger partial charge < -0.3 is 11.5 Å². The molecule has 1 aromatic rings. The van der Waals surface area contributed by atoms with Crippen LogP contribution >= 0.6 is 24.4 Å². The standard InChI is InChI=1S/C10H10N4O2S2/c11-9(17)13-7(15)5-1-2-6(4-3-5)8(16)14-10(12)18/h1-4H,(H3,11,13,15,17)(H3,12,14,16,18). The van der Waals surface area contributed by atoms with Gasteiger partial charge in [-0.05, 0) is 48.7 Å². The zero-order valence-corrected chi connectivity index (χ0v) is 10.7. The Morgan fingerprint density at radius 1 is 0.833 bits per heavy atom. The Balaban J connectivity index is 2.79. The van der Waals surface area contributed by atoms with Crippen molar-refractivity contribution in [1.29, 1.82) is 0 Å². The molecule has 0 unspecified atom stereocenters. The molecule has 0 bridgehead atoms. The maximum atomic E-state index is 11.5. The van der Waals surface area contributed by atoms with Crippen LogP contribution in [0.3, 0.4) is 0 Å². The number of carbonyl (C=O) groups excluding carboxylic acids is 2. The average molecular weight is 282 g/mol.